The lowest BCUT2D eigenvalue weighted by Gasteiger charge is -2.24. The van der Waals surface area contributed by atoms with E-state index in [2.05, 4.69) is 59.7 Å². The second-order valence-corrected chi connectivity index (χ2v) is 9.46. The van der Waals surface area contributed by atoms with Gasteiger partial charge in [0.15, 0.2) is 0 Å². The molecular weight excluding hydrogens is 462 g/mol. The highest BCUT2D eigenvalue weighted by Crippen LogP contribution is 2.35. The number of carbonyl (C=O) groups is 1. The van der Waals surface area contributed by atoms with E-state index in [0.29, 0.717) is 5.69 Å². The van der Waals surface area contributed by atoms with E-state index in [-0.39, 0.29) is 11.8 Å². The summed E-state index contributed by atoms with van der Waals surface area (Å²) in [5.74, 6) is 0.178. The van der Waals surface area contributed by atoms with Crippen LogP contribution < -0.4 is 5.32 Å². The van der Waals surface area contributed by atoms with Gasteiger partial charge in [0.05, 0.1) is 35.0 Å². The monoisotopic (exact) mass is 485 g/mol. The van der Waals surface area contributed by atoms with Crippen molar-refractivity contribution in [2.24, 2.45) is 5.92 Å². The quantitative estimate of drug-likeness (QED) is 0.279. The molecule has 8 nitrogen and oxygen atoms in total. The summed E-state index contributed by atoms with van der Waals surface area (Å²) in [5, 5.41) is 12.8. The molecule has 0 unspecified atom stereocenters. The number of fused-ring (bicyclic) bond motifs is 2. The van der Waals surface area contributed by atoms with E-state index in [1.807, 2.05) is 30.5 Å². The molecule has 0 atom stereocenters. The van der Waals surface area contributed by atoms with Gasteiger partial charge in [-0.25, -0.2) is 0 Å². The van der Waals surface area contributed by atoms with Crippen molar-refractivity contribution in [1.29, 1.82) is 0 Å². The average Bonchev–Trinajstić information content (AvgIpc) is 3.52. The van der Waals surface area contributed by atoms with Crippen LogP contribution in [0, 0.1) is 5.92 Å². The van der Waals surface area contributed by atoms with Gasteiger partial charge in [-0.1, -0.05) is 24.6 Å². The Morgan fingerprint density at radius 3 is 2.65 bits per heavy atom. The zero-order chi connectivity index (χ0) is 24.8. The SMILES string of the molecule is O=C(Nc1cncc(-c2cc3c(-c4cc5c(-c6cccnc6)cccc5[nH]4)n[nH]c3cn2)c1)C1CCC1. The predicted octanol–water partition coefficient (Wildman–Crippen LogP) is 5.97. The van der Waals surface area contributed by atoms with Crippen molar-refractivity contribution < 1.29 is 4.79 Å². The smallest absolute Gasteiger partial charge is 0.227 e. The fourth-order valence-electron chi connectivity index (χ4n) is 4.90. The number of nitrogens with zero attached hydrogens (tertiary/aromatic N) is 4. The van der Waals surface area contributed by atoms with E-state index in [1.165, 1.54) is 0 Å². The molecule has 0 bridgehead atoms. The minimum Gasteiger partial charge on any atom is -0.353 e. The summed E-state index contributed by atoms with van der Waals surface area (Å²) < 4.78 is 0. The number of hydrogen-bond acceptors (Lipinski definition) is 5. The van der Waals surface area contributed by atoms with E-state index in [4.69, 9.17) is 0 Å². The van der Waals surface area contributed by atoms with Crippen molar-refractivity contribution in [2.75, 3.05) is 5.32 Å². The van der Waals surface area contributed by atoms with Gasteiger partial charge in [0.25, 0.3) is 0 Å². The Morgan fingerprint density at radius 1 is 0.892 bits per heavy atom. The molecule has 7 rings (SSSR count). The van der Waals surface area contributed by atoms with Crippen molar-refractivity contribution in [3.8, 4) is 33.8 Å². The molecule has 0 saturated heterocycles. The molecule has 0 aliphatic heterocycles. The van der Waals surface area contributed by atoms with Crippen molar-refractivity contribution in [1.82, 2.24) is 30.1 Å². The third-order valence-electron chi connectivity index (χ3n) is 7.12. The van der Waals surface area contributed by atoms with Crippen molar-refractivity contribution >= 4 is 33.4 Å². The summed E-state index contributed by atoms with van der Waals surface area (Å²) in [7, 11) is 0. The first-order chi connectivity index (χ1) is 18.2. The number of carbonyl (C=O) groups excluding carboxylic acids is 1. The minimum atomic E-state index is 0.0650. The Hall–Kier alpha value is -4.85. The van der Waals surface area contributed by atoms with Crippen LogP contribution in [-0.2, 0) is 4.79 Å². The molecule has 5 heterocycles. The Bertz CT molecular complexity index is 1770. The van der Waals surface area contributed by atoms with Crippen LogP contribution in [0.15, 0.2) is 79.5 Å². The summed E-state index contributed by atoms with van der Waals surface area (Å²) in [6.07, 6.45) is 11.9. The van der Waals surface area contributed by atoms with Crippen molar-refractivity contribution in [2.45, 2.75) is 19.3 Å². The second-order valence-electron chi connectivity index (χ2n) is 9.46. The number of benzene rings is 1. The van der Waals surface area contributed by atoms with Gasteiger partial charge < -0.3 is 10.3 Å². The first kappa shape index (κ1) is 21.4. The van der Waals surface area contributed by atoms with Crippen molar-refractivity contribution in [3.05, 3.63) is 79.5 Å². The Balaban J connectivity index is 1.26. The van der Waals surface area contributed by atoms with Gasteiger partial charge in [0, 0.05) is 51.9 Å². The van der Waals surface area contributed by atoms with E-state index in [9.17, 15) is 4.79 Å². The highest BCUT2D eigenvalue weighted by molar-refractivity contribution is 6.01. The first-order valence-corrected chi connectivity index (χ1v) is 12.4. The van der Waals surface area contributed by atoms with E-state index < -0.39 is 0 Å². The number of H-pyrrole nitrogens is 2. The Morgan fingerprint density at radius 2 is 1.81 bits per heavy atom. The number of aromatic amines is 2. The lowest BCUT2D eigenvalue weighted by Crippen LogP contribution is -2.28. The zero-order valence-electron chi connectivity index (χ0n) is 19.9. The standard InChI is InChI=1S/C29H23N7O/c37-29(17-4-1-5-17)33-20-10-19(14-31-15-20)25-12-23-27(16-32-25)35-36-28(23)26-11-22-21(7-2-8-24(22)34-26)18-6-3-9-30-13-18/h2-3,6-17,34H,1,4-5H2,(H,33,37)(H,35,36). The van der Waals surface area contributed by atoms with Crippen LogP contribution in [-0.4, -0.2) is 36.0 Å². The highest BCUT2D eigenvalue weighted by atomic mass is 16.1. The normalized spacial score (nSPS) is 13.6. The summed E-state index contributed by atoms with van der Waals surface area (Å²) in [4.78, 5) is 29.2. The molecule has 1 aromatic carbocycles. The van der Waals surface area contributed by atoms with Gasteiger partial charge in [0.1, 0.15) is 5.69 Å². The lowest BCUT2D eigenvalue weighted by atomic mass is 9.85. The predicted molar refractivity (Wildman–Crippen MR) is 144 cm³/mol. The van der Waals surface area contributed by atoms with E-state index in [0.717, 1.165) is 74.8 Å². The van der Waals surface area contributed by atoms with Crippen LogP contribution in [0.4, 0.5) is 5.69 Å². The maximum atomic E-state index is 12.4. The number of anilines is 1. The number of aromatic nitrogens is 6. The van der Waals surface area contributed by atoms with E-state index >= 15 is 0 Å². The summed E-state index contributed by atoms with van der Waals surface area (Å²) in [5.41, 5.74) is 8.04. The fourth-order valence-corrected chi connectivity index (χ4v) is 4.90. The number of rotatable bonds is 5. The molecule has 1 saturated carbocycles. The zero-order valence-corrected chi connectivity index (χ0v) is 19.9. The maximum Gasteiger partial charge on any atom is 0.227 e. The van der Waals surface area contributed by atoms with Crippen LogP contribution in [0.25, 0.3) is 55.6 Å². The topological polar surface area (TPSA) is 112 Å². The first-order valence-electron chi connectivity index (χ1n) is 12.4. The number of nitrogens with one attached hydrogen (secondary N) is 3. The third-order valence-corrected chi connectivity index (χ3v) is 7.12. The summed E-state index contributed by atoms with van der Waals surface area (Å²) in [6.45, 7) is 0. The largest absolute Gasteiger partial charge is 0.353 e. The second kappa shape index (κ2) is 8.67. The number of amides is 1. The van der Waals surface area contributed by atoms with E-state index in [1.54, 1.807) is 24.8 Å². The molecule has 37 heavy (non-hydrogen) atoms. The van der Waals surface area contributed by atoms with Crippen LogP contribution in [0.1, 0.15) is 19.3 Å². The summed E-state index contributed by atoms with van der Waals surface area (Å²) in [6, 6.07) is 16.3. The minimum absolute atomic E-state index is 0.0650. The molecule has 1 fully saturated rings. The molecule has 8 heteroatoms. The lowest BCUT2D eigenvalue weighted by molar-refractivity contribution is -0.122. The Labute approximate surface area is 212 Å². The summed E-state index contributed by atoms with van der Waals surface area (Å²) >= 11 is 0. The molecule has 0 spiro atoms. The third kappa shape index (κ3) is 3.83. The fraction of sp³-hybridized carbons (Fsp3) is 0.138. The van der Waals surface area contributed by atoms with Gasteiger partial charge in [-0.3, -0.25) is 24.8 Å². The van der Waals surface area contributed by atoms with Crippen LogP contribution >= 0.6 is 0 Å². The van der Waals surface area contributed by atoms with Crippen LogP contribution in [0.2, 0.25) is 0 Å². The molecule has 180 valence electrons. The van der Waals surface area contributed by atoms with Gasteiger partial charge in [-0.15, -0.1) is 0 Å². The molecule has 1 aliphatic carbocycles. The molecule has 1 aliphatic rings. The maximum absolute atomic E-state index is 12.4. The van der Waals surface area contributed by atoms with Gasteiger partial charge in [-0.05, 0) is 48.7 Å². The molecular formula is C29H23N7O. The van der Waals surface area contributed by atoms with Crippen LogP contribution in [0.5, 0.6) is 0 Å². The molecule has 1 amide bonds. The molecule has 0 radical (unpaired) electrons. The average molecular weight is 486 g/mol. The molecule has 3 N–H and O–H groups in total. The Kier molecular flexibility index (Phi) is 5.02. The number of pyridine rings is 3. The number of hydrogen-bond donors (Lipinski definition) is 3. The molecule has 6 aromatic rings. The van der Waals surface area contributed by atoms with Gasteiger partial charge >= 0.3 is 0 Å². The van der Waals surface area contributed by atoms with Crippen LogP contribution in [0.3, 0.4) is 0 Å². The van der Waals surface area contributed by atoms with Gasteiger partial charge in [0.2, 0.25) is 5.91 Å². The highest BCUT2D eigenvalue weighted by Gasteiger charge is 2.25. The van der Waals surface area contributed by atoms with Crippen molar-refractivity contribution in [3.63, 3.8) is 0 Å². The van der Waals surface area contributed by atoms with Gasteiger partial charge in [-0.2, -0.15) is 5.10 Å². The molecule has 5 aromatic heterocycles.